The van der Waals surface area contributed by atoms with Crippen LogP contribution in [-0.2, 0) is 20.9 Å². The van der Waals surface area contributed by atoms with Crippen molar-refractivity contribution in [3.63, 3.8) is 0 Å². The number of para-hydroxylation sites is 3. The Morgan fingerprint density at radius 2 is 1.56 bits per heavy atom. The summed E-state index contributed by atoms with van der Waals surface area (Å²) in [4.78, 5) is 37.5. The molecule has 1 aromatic heterocycles. The number of rotatable bonds is 8. The number of nitrogens with zero attached hydrogens (tertiary/aromatic N) is 1. The highest BCUT2D eigenvalue weighted by molar-refractivity contribution is 5.96. The summed E-state index contributed by atoms with van der Waals surface area (Å²) in [7, 11) is 0. The largest absolute Gasteiger partial charge is 0.447 e. The van der Waals surface area contributed by atoms with Crippen LogP contribution >= 0.6 is 0 Å². The summed E-state index contributed by atoms with van der Waals surface area (Å²) >= 11 is 0. The van der Waals surface area contributed by atoms with E-state index < -0.39 is 23.7 Å². The van der Waals surface area contributed by atoms with Crippen LogP contribution in [0, 0.1) is 0 Å². The Morgan fingerprint density at radius 3 is 2.31 bits per heavy atom. The molecule has 0 radical (unpaired) electrons. The fourth-order valence-electron chi connectivity index (χ4n) is 3.43. The summed E-state index contributed by atoms with van der Waals surface area (Å²) in [5, 5.41) is 2.78. The molecule has 0 bridgehead atoms. The molecule has 4 rings (SSSR count). The third-order valence-corrected chi connectivity index (χ3v) is 4.97. The van der Waals surface area contributed by atoms with Crippen molar-refractivity contribution >= 4 is 28.7 Å². The van der Waals surface area contributed by atoms with Crippen LogP contribution in [0.15, 0.2) is 94.1 Å². The lowest BCUT2D eigenvalue weighted by Gasteiger charge is -2.18. The minimum absolute atomic E-state index is 0.0495. The second-order valence-electron chi connectivity index (χ2n) is 7.23. The first-order chi connectivity index (χ1) is 15.6. The molecule has 0 aliphatic carbocycles. The monoisotopic (exact) mass is 430 g/mol. The molecule has 1 atom stereocenters. The highest BCUT2D eigenvalue weighted by atomic mass is 16.5. The van der Waals surface area contributed by atoms with Gasteiger partial charge in [-0.25, -0.2) is 4.79 Å². The van der Waals surface area contributed by atoms with Gasteiger partial charge in [0.25, 0.3) is 5.91 Å². The molecular weight excluding hydrogens is 408 g/mol. The third-order valence-electron chi connectivity index (χ3n) is 4.97. The Kier molecular flexibility index (Phi) is 6.46. The number of benzene rings is 3. The maximum Gasteiger partial charge on any atom is 0.419 e. The molecule has 1 amide bonds. The number of carbonyl (C=O) groups is 2. The molecule has 0 saturated heterocycles. The van der Waals surface area contributed by atoms with Crippen LogP contribution < -0.4 is 11.1 Å². The molecule has 0 saturated carbocycles. The number of carbonyl (C=O) groups excluding carboxylic acids is 2. The van der Waals surface area contributed by atoms with Gasteiger partial charge >= 0.3 is 11.7 Å². The van der Waals surface area contributed by atoms with E-state index in [0.29, 0.717) is 35.3 Å². The summed E-state index contributed by atoms with van der Waals surface area (Å²) in [6.07, 6.45) is -0.667. The number of fused-ring (bicyclic) bond motifs is 1. The Morgan fingerprint density at radius 1 is 0.906 bits per heavy atom. The van der Waals surface area contributed by atoms with Gasteiger partial charge in [0.15, 0.2) is 5.58 Å². The lowest BCUT2D eigenvalue weighted by Crippen LogP contribution is -2.26. The number of nitrogens with one attached hydrogen (secondary N) is 1. The van der Waals surface area contributed by atoms with Crippen molar-refractivity contribution in [3.05, 3.63) is 101 Å². The van der Waals surface area contributed by atoms with E-state index in [1.807, 2.05) is 18.2 Å². The predicted molar refractivity (Wildman–Crippen MR) is 120 cm³/mol. The van der Waals surface area contributed by atoms with Crippen LogP contribution in [0.5, 0.6) is 0 Å². The number of hydrogen-bond donors (Lipinski definition) is 1. The number of aromatic nitrogens is 1. The zero-order valence-corrected chi connectivity index (χ0v) is 17.3. The van der Waals surface area contributed by atoms with Crippen molar-refractivity contribution in [3.8, 4) is 0 Å². The highest BCUT2D eigenvalue weighted by Gasteiger charge is 2.25. The number of hydrogen-bond acceptors (Lipinski definition) is 5. The minimum atomic E-state index is -1.08. The molecule has 162 valence electrons. The zero-order valence-electron chi connectivity index (χ0n) is 17.3. The van der Waals surface area contributed by atoms with E-state index in [0.717, 1.165) is 0 Å². The van der Waals surface area contributed by atoms with Crippen LogP contribution in [0.3, 0.4) is 0 Å². The summed E-state index contributed by atoms with van der Waals surface area (Å²) < 4.78 is 12.2. The van der Waals surface area contributed by atoms with Gasteiger partial charge in [-0.05, 0) is 30.7 Å². The van der Waals surface area contributed by atoms with E-state index in [1.165, 1.54) is 4.57 Å². The number of anilines is 1. The number of amides is 1. The molecule has 4 aromatic rings. The normalized spacial score (nSPS) is 11.8. The van der Waals surface area contributed by atoms with Crippen molar-refractivity contribution in [1.29, 1.82) is 0 Å². The van der Waals surface area contributed by atoms with Crippen molar-refractivity contribution < 1.29 is 18.7 Å². The van der Waals surface area contributed by atoms with Crippen LogP contribution in [0.1, 0.15) is 24.5 Å². The summed E-state index contributed by atoms with van der Waals surface area (Å²) in [6, 6.07) is 24.9. The topological polar surface area (TPSA) is 90.5 Å². The zero-order chi connectivity index (χ0) is 22.3. The van der Waals surface area contributed by atoms with Crippen molar-refractivity contribution in [1.82, 2.24) is 4.57 Å². The second kappa shape index (κ2) is 9.78. The maximum atomic E-state index is 12.9. The lowest BCUT2D eigenvalue weighted by molar-refractivity contribution is -0.154. The van der Waals surface area contributed by atoms with Crippen molar-refractivity contribution in [2.75, 3.05) is 5.32 Å². The van der Waals surface area contributed by atoms with Gasteiger partial charge in [-0.3, -0.25) is 14.2 Å². The van der Waals surface area contributed by atoms with E-state index in [2.05, 4.69) is 5.32 Å². The molecule has 7 heteroatoms. The van der Waals surface area contributed by atoms with Crippen LogP contribution in [0.4, 0.5) is 5.69 Å². The molecule has 1 N–H and O–H groups in total. The average molecular weight is 430 g/mol. The van der Waals surface area contributed by atoms with Gasteiger partial charge in [0.1, 0.15) is 0 Å². The molecule has 0 fully saturated rings. The number of ether oxygens (including phenoxy) is 1. The molecule has 0 aliphatic heterocycles. The lowest BCUT2D eigenvalue weighted by atomic mass is 10.1. The standard InChI is InChI=1S/C25H22N2O5/c28-22(16-9-17-27-20-14-7-8-15-21(20)31-25(27)30)32-23(18-10-3-1-4-11-18)24(29)26-19-12-5-2-6-13-19/h1-8,10-15,23H,9,16-17H2,(H,26,29)/t23-/m1/s1. The summed E-state index contributed by atoms with van der Waals surface area (Å²) in [6.45, 7) is 0.303. The van der Waals surface area contributed by atoms with Crippen LogP contribution in [-0.4, -0.2) is 16.4 Å². The van der Waals surface area contributed by atoms with Gasteiger partial charge in [-0.1, -0.05) is 60.7 Å². The SMILES string of the molecule is O=C(CCCn1c(=O)oc2ccccc21)O[C@@H](C(=O)Nc1ccccc1)c1ccccc1. The molecule has 0 aliphatic rings. The third kappa shape index (κ3) is 4.95. The number of esters is 1. The van der Waals surface area contributed by atoms with Gasteiger partial charge in [-0.2, -0.15) is 0 Å². The Bertz CT molecular complexity index is 1260. The Labute approximate surface area is 184 Å². The van der Waals surface area contributed by atoms with E-state index in [1.54, 1.807) is 66.7 Å². The van der Waals surface area contributed by atoms with E-state index in [-0.39, 0.29) is 6.42 Å². The minimum Gasteiger partial charge on any atom is -0.447 e. The fraction of sp³-hybridized carbons (Fsp3) is 0.160. The first kappa shape index (κ1) is 21.1. The molecule has 1 heterocycles. The first-order valence-corrected chi connectivity index (χ1v) is 10.3. The van der Waals surface area contributed by atoms with Gasteiger partial charge in [0, 0.05) is 24.2 Å². The van der Waals surface area contributed by atoms with Gasteiger partial charge in [0.2, 0.25) is 6.10 Å². The Hall–Kier alpha value is -4.13. The van der Waals surface area contributed by atoms with Crippen LogP contribution in [0.25, 0.3) is 11.1 Å². The Balaban J connectivity index is 1.41. The molecule has 7 nitrogen and oxygen atoms in total. The fourth-order valence-corrected chi connectivity index (χ4v) is 3.43. The van der Waals surface area contributed by atoms with Crippen molar-refractivity contribution in [2.24, 2.45) is 0 Å². The van der Waals surface area contributed by atoms with Gasteiger partial charge in [-0.15, -0.1) is 0 Å². The van der Waals surface area contributed by atoms with E-state index in [9.17, 15) is 14.4 Å². The van der Waals surface area contributed by atoms with Crippen LogP contribution in [0.2, 0.25) is 0 Å². The second-order valence-corrected chi connectivity index (χ2v) is 7.23. The smallest absolute Gasteiger partial charge is 0.419 e. The molecule has 3 aromatic carbocycles. The maximum absolute atomic E-state index is 12.9. The first-order valence-electron chi connectivity index (χ1n) is 10.3. The molecule has 0 unspecified atom stereocenters. The van der Waals surface area contributed by atoms with Crippen molar-refractivity contribution in [2.45, 2.75) is 25.5 Å². The number of aryl methyl sites for hydroxylation is 1. The highest BCUT2D eigenvalue weighted by Crippen LogP contribution is 2.21. The quantitative estimate of drug-likeness (QED) is 0.421. The average Bonchev–Trinajstić information content (AvgIpc) is 3.14. The van der Waals surface area contributed by atoms with E-state index >= 15 is 0 Å². The predicted octanol–water partition coefficient (Wildman–Crippen LogP) is 4.30. The summed E-state index contributed by atoms with van der Waals surface area (Å²) in [5.74, 6) is -1.43. The summed E-state index contributed by atoms with van der Waals surface area (Å²) in [5.41, 5.74) is 2.36. The van der Waals surface area contributed by atoms with Gasteiger partial charge < -0.3 is 14.5 Å². The molecule has 0 spiro atoms. The molecule has 32 heavy (non-hydrogen) atoms. The van der Waals surface area contributed by atoms with Gasteiger partial charge in [0.05, 0.1) is 5.52 Å². The van der Waals surface area contributed by atoms with E-state index in [4.69, 9.17) is 9.15 Å². The molecular formula is C25H22N2O5. The number of oxazole rings is 1.